The van der Waals surface area contributed by atoms with E-state index < -0.39 is 29.6 Å². The highest BCUT2D eigenvalue weighted by molar-refractivity contribution is 5.99. The third-order valence-corrected chi connectivity index (χ3v) is 4.76. The van der Waals surface area contributed by atoms with Crippen LogP contribution in [0.2, 0.25) is 0 Å². The van der Waals surface area contributed by atoms with Crippen molar-refractivity contribution in [1.82, 2.24) is 9.97 Å². The summed E-state index contributed by atoms with van der Waals surface area (Å²) in [5, 5.41) is 0. The van der Waals surface area contributed by atoms with Crippen molar-refractivity contribution in [2.75, 3.05) is 0 Å². The van der Waals surface area contributed by atoms with Gasteiger partial charge in [0.25, 0.3) is 0 Å². The first-order valence-electron chi connectivity index (χ1n) is 9.32. The first kappa shape index (κ1) is 21.3. The molecule has 0 aliphatic carbocycles. The summed E-state index contributed by atoms with van der Waals surface area (Å²) in [6, 6.07) is 11.8. The molecule has 0 fully saturated rings. The number of fused-ring (bicyclic) bond motifs is 1. The van der Waals surface area contributed by atoms with E-state index >= 15 is 0 Å². The number of ether oxygens (including phenoxy) is 1. The lowest BCUT2D eigenvalue weighted by molar-refractivity contribution is -0.274. The Kier molecular flexibility index (Phi) is 5.52. The molecule has 0 saturated carbocycles. The largest absolute Gasteiger partial charge is 0.573 e. The Morgan fingerprint density at radius 3 is 2.56 bits per heavy atom. The number of ketones is 1. The molecule has 10 heteroatoms. The topological polar surface area (TPSA) is 85.2 Å². The molecule has 2 heterocycles. The van der Waals surface area contributed by atoms with Crippen LogP contribution >= 0.6 is 0 Å². The summed E-state index contributed by atoms with van der Waals surface area (Å²) in [7, 11) is 0. The van der Waals surface area contributed by atoms with Crippen molar-refractivity contribution < 1.29 is 31.5 Å². The highest BCUT2D eigenvalue weighted by Gasteiger charge is 2.31. The summed E-state index contributed by atoms with van der Waals surface area (Å²) in [6.07, 6.45) is -3.71. The van der Waals surface area contributed by atoms with Gasteiger partial charge in [0.2, 0.25) is 0 Å². The number of H-pyrrole nitrogens is 1. The number of nitrogens with zero attached hydrogens (tertiary/aromatic N) is 1. The fourth-order valence-corrected chi connectivity index (χ4v) is 3.36. The Hall–Kier alpha value is -3.95. The van der Waals surface area contributed by atoms with Crippen LogP contribution in [0.1, 0.15) is 34.0 Å². The molecule has 4 aromatic rings. The molecule has 4 rings (SSSR count). The van der Waals surface area contributed by atoms with Crippen molar-refractivity contribution in [3.63, 3.8) is 0 Å². The molecule has 0 unspecified atom stereocenters. The zero-order chi connectivity index (χ0) is 22.9. The van der Waals surface area contributed by atoms with Gasteiger partial charge in [-0.05, 0) is 48.0 Å². The van der Waals surface area contributed by atoms with Crippen LogP contribution in [-0.2, 0) is 0 Å². The molecular formula is C22H14F4N2O4. The maximum atomic E-state index is 14.5. The Morgan fingerprint density at radius 2 is 1.88 bits per heavy atom. The van der Waals surface area contributed by atoms with Gasteiger partial charge in [0, 0.05) is 24.1 Å². The zero-order valence-corrected chi connectivity index (χ0v) is 16.2. The molecule has 0 radical (unpaired) electrons. The van der Waals surface area contributed by atoms with Gasteiger partial charge in [0.05, 0.1) is 11.2 Å². The summed E-state index contributed by atoms with van der Waals surface area (Å²) in [6.45, 7) is 0. The van der Waals surface area contributed by atoms with Crippen molar-refractivity contribution >= 4 is 16.9 Å². The van der Waals surface area contributed by atoms with E-state index in [-0.39, 0.29) is 29.0 Å². The monoisotopic (exact) mass is 446 g/mol. The lowest BCUT2D eigenvalue weighted by Gasteiger charge is -2.18. The molecule has 0 aliphatic rings. The van der Waals surface area contributed by atoms with Crippen LogP contribution < -0.4 is 10.5 Å². The van der Waals surface area contributed by atoms with Crippen molar-refractivity contribution in [3.8, 4) is 5.75 Å². The highest BCUT2D eigenvalue weighted by atomic mass is 19.4. The van der Waals surface area contributed by atoms with Gasteiger partial charge in [-0.3, -0.25) is 14.8 Å². The number of carbonyl (C=O) groups is 1. The van der Waals surface area contributed by atoms with E-state index in [0.717, 1.165) is 12.1 Å². The molecule has 1 N–H and O–H groups in total. The second-order valence-corrected chi connectivity index (χ2v) is 6.89. The fourth-order valence-electron chi connectivity index (χ4n) is 3.36. The van der Waals surface area contributed by atoms with Crippen LogP contribution in [0, 0.1) is 5.82 Å². The fraction of sp³-hybridized carbons (Fsp3) is 0.136. The van der Waals surface area contributed by atoms with Gasteiger partial charge in [-0.2, -0.15) is 0 Å². The van der Waals surface area contributed by atoms with Crippen LogP contribution in [0.4, 0.5) is 17.6 Å². The number of oxazole rings is 1. The average Bonchev–Trinajstić information content (AvgIpc) is 3.11. The number of alkyl halides is 3. The Labute approximate surface area is 177 Å². The van der Waals surface area contributed by atoms with E-state index in [1.807, 2.05) is 0 Å². The number of nitrogens with one attached hydrogen (secondary N) is 1. The van der Waals surface area contributed by atoms with Crippen LogP contribution in [0.3, 0.4) is 0 Å². The standard InChI is InChI=1S/C22H14F4N2O4/c23-16-2-1-9-27-20(16)15(12-3-6-14(7-4-12)32-22(24,25)26)11-18(29)13-5-8-19-17(10-13)28-21(30)31-19/h1-10,15H,11H2,(H,28,30)/t15-/m0/s1. The summed E-state index contributed by atoms with van der Waals surface area (Å²) < 4.78 is 60.6. The molecule has 2 aromatic heterocycles. The number of halogens is 4. The highest BCUT2D eigenvalue weighted by Crippen LogP contribution is 2.32. The number of aromatic nitrogens is 2. The first-order valence-corrected chi connectivity index (χ1v) is 9.32. The summed E-state index contributed by atoms with van der Waals surface area (Å²) in [4.78, 5) is 30.8. The van der Waals surface area contributed by atoms with E-state index in [1.165, 1.54) is 48.7 Å². The predicted octanol–water partition coefficient (Wildman–Crippen LogP) is 4.96. The van der Waals surface area contributed by atoms with Gasteiger partial charge in [-0.15, -0.1) is 13.2 Å². The molecule has 2 aromatic carbocycles. The van der Waals surface area contributed by atoms with E-state index in [4.69, 9.17) is 4.42 Å². The first-order chi connectivity index (χ1) is 15.2. The summed E-state index contributed by atoms with van der Waals surface area (Å²) in [5.74, 6) is -3.03. The Morgan fingerprint density at radius 1 is 1.12 bits per heavy atom. The Balaban J connectivity index is 1.67. The van der Waals surface area contributed by atoms with Crippen molar-refractivity contribution in [2.24, 2.45) is 0 Å². The van der Waals surface area contributed by atoms with Crippen LogP contribution in [0.25, 0.3) is 11.1 Å². The van der Waals surface area contributed by atoms with Gasteiger partial charge in [-0.1, -0.05) is 12.1 Å². The number of benzene rings is 2. The Bertz CT molecular complexity index is 1330. The third kappa shape index (κ3) is 4.69. The van der Waals surface area contributed by atoms with Gasteiger partial charge in [0.15, 0.2) is 11.4 Å². The normalized spacial score (nSPS) is 12.6. The van der Waals surface area contributed by atoms with Crippen molar-refractivity contribution in [2.45, 2.75) is 18.7 Å². The lowest BCUT2D eigenvalue weighted by atomic mass is 9.88. The smallest absolute Gasteiger partial charge is 0.408 e. The van der Waals surface area contributed by atoms with Crippen LogP contribution in [0.5, 0.6) is 5.75 Å². The van der Waals surface area contributed by atoms with Crippen molar-refractivity contribution in [3.05, 3.63) is 94.0 Å². The minimum atomic E-state index is -4.85. The van der Waals surface area contributed by atoms with E-state index in [1.54, 1.807) is 0 Å². The molecular weight excluding hydrogens is 432 g/mol. The van der Waals surface area contributed by atoms with Crippen LogP contribution in [0.15, 0.2) is 70.0 Å². The number of rotatable bonds is 6. The molecule has 1 atom stereocenters. The summed E-state index contributed by atoms with van der Waals surface area (Å²) >= 11 is 0. The average molecular weight is 446 g/mol. The number of pyridine rings is 1. The van der Waals surface area contributed by atoms with Crippen LogP contribution in [-0.4, -0.2) is 22.1 Å². The third-order valence-electron chi connectivity index (χ3n) is 4.76. The minimum Gasteiger partial charge on any atom is -0.408 e. The molecule has 0 bridgehead atoms. The zero-order valence-electron chi connectivity index (χ0n) is 16.2. The molecule has 0 aliphatic heterocycles. The van der Waals surface area contributed by atoms with Gasteiger partial charge < -0.3 is 9.15 Å². The second kappa shape index (κ2) is 8.29. The van der Waals surface area contributed by atoms with Gasteiger partial charge >= 0.3 is 12.1 Å². The maximum absolute atomic E-state index is 14.5. The molecule has 0 spiro atoms. The van der Waals surface area contributed by atoms with Gasteiger partial charge in [0.1, 0.15) is 11.6 Å². The number of aromatic amines is 1. The molecule has 0 saturated heterocycles. The number of Topliss-reactive ketones (excluding diaryl/α,β-unsaturated/α-hetero) is 1. The molecule has 0 amide bonds. The number of hydrogen-bond acceptors (Lipinski definition) is 5. The van der Waals surface area contributed by atoms with E-state index in [9.17, 15) is 27.2 Å². The second-order valence-electron chi connectivity index (χ2n) is 6.89. The van der Waals surface area contributed by atoms with Crippen molar-refractivity contribution in [1.29, 1.82) is 0 Å². The van der Waals surface area contributed by atoms with E-state index in [0.29, 0.717) is 11.1 Å². The minimum absolute atomic E-state index is 0.0249. The quantitative estimate of drug-likeness (QED) is 0.334. The van der Waals surface area contributed by atoms with Gasteiger partial charge in [-0.25, -0.2) is 9.18 Å². The summed E-state index contributed by atoms with van der Waals surface area (Å²) in [5.41, 5.74) is 1.20. The van der Waals surface area contributed by atoms with E-state index in [2.05, 4.69) is 14.7 Å². The molecule has 32 heavy (non-hydrogen) atoms. The molecule has 6 nitrogen and oxygen atoms in total. The number of hydrogen-bond donors (Lipinski definition) is 1. The lowest BCUT2D eigenvalue weighted by Crippen LogP contribution is -2.17. The molecule has 164 valence electrons. The SMILES string of the molecule is O=C(C[C@@H](c1ccc(OC(F)(F)F)cc1)c1ncccc1F)c1ccc2oc(=O)[nH]c2c1. The predicted molar refractivity (Wildman–Crippen MR) is 105 cm³/mol. The maximum Gasteiger partial charge on any atom is 0.573 e. The number of carbonyl (C=O) groups excluding carboxylic acids is 1.